The van der Waals surface area contributed by atoms with Crippen LogP contribution in [0.4, 0.5) is 15.8 Å². The zero-order valence-corrected chi connectivity index (χ0v) is 10.3. The van der Waals surface area contributed by atoms with E-state index >= 15 is 0 Å². The number of nitrogens with zero attached hydrogens (tertiary/aromatic N) is 2. The van der Waals surface area contributed by atoms with Gasteiger partial charge in [-0.2, -0.15) is 5.26 Å². The maximum atomic E-state index is 13.1. The lowest BCUT2D eigenvalue weighted by molar-refractivity contribution is -0.385. The first-order valence-electron chi connectivity index (χ1n) is 5.77. The summed E-state index contributed by atoms with van der Waals surface area (Å²) in [5.41, 5.74) is 1.35. The van der Waals surface area contributed by atoms with Crippen molar-refractivity contribution in [2.24, 2.45) is 0 Å². The summed E-state index contributed by atoms with van der Waals surface area (Å²) in [6, 6.07) is 12.0. The molecule has 0 aliphatic carbocycles. The van der Waals surface area contributed by atoms with Gasteiger partial charge >= 0.3 is 0 Å². The lowest BCUT2D eigenvalue weighted by Gasteiger charge is -2.07. The topological polar surface area (TPSA) is 79.0 Å². The van der Waals surface area contributed by atoms with E-state index in [2.05, 4.69) is 5.32 Å². The van der Waals surface area contributed by atoms with Gasteiger partial charge in [0.1, 0.15) is 5.82 Å². The molecule has 2 aromatic carbocycles. The molecular formula is C14H10FN3O2. The van der Waals surface area contributed by atoms with Crippen LogP contribution < -0.4 is 5.32 Å². The summed E-state index contributed by atoms with van der Waals surface area (Å²) in [6.07, 6.45) is 0. The van der Waals surface area contributed by atoms with Crippen LogP contribution in [0, 0.1) is 27.3 Å². The summed E-state index contributed by atoms with van der Waals surface area (Å²) in [7, 11) is 0. The number of benzene rings is 2. The van der Waals surface area contributed by atoms with Crippen LogP contribution in [0.25, 0.3) is 0 Å². The van der Waals surface area contributed by atoms with Crippen molar-refractivity contribution < 1.29 is 9.31 Å². The monoisotopic (exact) mass is 271 g/mol. The van der Waals surface area contributed by atoms with Gasteiger partial charge in [0, 0.05) is 18.3 Å². The standard InChI is InChI=1S/C14H10FN3O2/c15-12-3-6-14(18(19)20)11(7-12)9-17-13-4-1-10(8-16)2-5-13/h1-7,17H,9H2. The SMILES string of the molecule is N#Cc1ccc(NCc2cc(F)ccc2[N+](=O)[O-])cc1. The molecule has 0 aromatic heterocycles. The molecule has 0 spiro atoms. The van der Waals surface area contributed by atoms with Crippen molar-refractivity contribution >= 4 is 11.4 Å². The van der Waals surface area contributed by atoms with Crippen molar-refractivity contribution in [3.8, 4) is 6.07 Å². The molecule has 20 heavy (non-hydrogen) atoms. The van der Waals surface area contributed by atoms with E-state index < -0.39 is 10.7 Å². The zero-order chi connectivity index (χ0) is 14.5. The van der Waals surface area contributed by atoms with Crippen LogP contribution in [0.1, 0.15) is 11.1 Å². The van der Waals surface area contributed by atoms with Gasteiger partial charge in [0.25, 0.3) is 5.69 Å². The van der Waals surface area contributed by atoms with Gasteiger partial charge in [-0.3, -0.25) is 10.1 Å². The molecule has 0 unspecified atom stereocenters. The number of nitro benzene ring substituents is 1. The van der Waals surface area contributed by atoms with Gasteiger partial charge in [-0.15, -0.1) is 0 Å². The quantitative estimate of drug-likeness (QED) is 0.684. The Morgan fingerprint density at radius 3 is 2.55 bits per heavy atom. The van der Waals surface area contributed by atoms with Crippen molar-refractivity contribution in [2.45, 2.75) is 6.54 Å². The Hall–Kier alpha value is -2.94. The van der Waals surface area contributed by atoms with Crippen LogP contribution in [-0.4, -0.2) is 4.92 Å². The average Bonchev–Trinajstić information content (AvgIpc) is 2.45. The van der Waals surface area contributed by atoms with E-state index in [0.717, 1.165) is 18.2 Å². The normalized spacial score (nSPS) is 9.80. The Morgan fingerprint density at radius 2 is 1.95 bits per heavy atom. The van der Waals surface area contributed by atoms with E-state index in [1.807, 2.05) is 6.07 Å². The molecule has 6 heteroatoms. The lowest BCUT2D eigenvalue weighted by atomic mass is 10.1. The third-order valence-electron chi connectivity index (χ3n) is 2.74. The Kier molecular flexibility index (Phi) is 3.91. The molecule has 0 atom stereocenters. The summed E-state index contributed by atoms with van der Waals surface area (Å²) in [5.74, 6) is -0.521. The molecule has 0 radical (unpaired) electrons. The lowest BCUT2D eigenvalue weighted by Crippen LogP contribution is -2.03. The molecule has 5 nitrogen and oxygen atoms in total. The highest BCUT2D eigenvalue weighted by Crippen LogP contribution is 2.21. The van der Waals surface area contributed by atoms with E-state index in [0.29, 0.717) is 11.3 Å². The molecule has 2 rings (SSSR count). The maximum absolute atomic E-state index is 13.1. The van der Waals surface area contributed by atoms with Crippen LogP contribution in [0.2, 0.25) is 0 Å². The van der Waals surface area contributed by atoms with Gasteiger partial charge in [-0.25, -0.2) is 4.39 Å². The Morgan fingerprint density at radius 1 is 1.25 bits per heavy atom. The van der Waals surface area contributed by atoms with E-state index in [-0.39, 0.29) is 17.8 Å². The first-order chi connectivity index (χ1) is 9.60. The molecule has 0 aliphatic rings. The zero-order valence-electron chi connectivity index (χ0n) is 10.3. The number of nitriles is 1. The van der Waals surface area contributed by atoms with Crippen LogP contribution >= 0.6 is 0 Å². The van der Waals surface area contributed by atoms with Crippen molar-refractivity contribution in [1.82, 2.24) is 0 Å². The van der Waals surface area contributed by atoms with Gasteiger partial charge in [-0.05, 0) is 36.4 Å². The number of nitrogens with one attached hydrogen (secondary N) is 1. The minimum absolute atomic E-state index is 0.125. The molecular weight excluding hydrogens is 261 g/mol. The number of hydrogen-bond donors (Lipinski definition) is 1. The van der Waals surface area contributed by atoms with Gasteiger partial charge in [0.05, 0.1) is 22.1 Å². The predicted molar refractivity (Wildman–Crippen MR) is 71.5 cm³/mol. The minimum atomic E-state index is -0.546. The van der Waals surface area contributed by atoms with Crippen LogP contribution in [0.5, 0.6) is 0 Å². The van der Waals surface area contributed by atoms with Gasteiger partial charge < -0.3 is 5.32 Å². The summed E-state index contributed by atoms with van der Waals surface area (Å²) < 4.78 is 13.1. The van der Waals surface area contributed by atoms with Crippen molar-refractivity contribution in [3.63, 3.8) is 0 Å². The third kappa shape index (κ3) is 3.09. The molecule has 0 saturated heterocycles. The Bertz CT molecular complexity index is 678. The number of halogens is 1. The number of hydrogen-bond acceptors (Lipinski definition) is 4. The molecule has 0 saturated carbocycles. The third-order valence-corrected chi connectivity index (χ3v) is 2.74. The average molecular weight is 271 g/mol. The Balaban J connectivity index is 2.15. The molecule has 0 fully saturated rings. The molecule has 2 aromatic rings. The van der Waals surface area contributed by atoms with Crippen LogP contribution in [-0.2, 0) is 6.54 Å². The van der Waals surface area contributed by atoms with Gasteiger partial charge in [0.2, 0.25) is 0 Å². The van der Waals surface area contributed by atoms with E-state index in [4.69, 9.17) is 5.26 Å². The first-order valence-corrected chi connectivity index (χ1v) is 5.77. The first kappa shape index (κ1) is 13.5. The Labute approximate surface area is 114 Å². The van der Waals surface area contributed by atoms with Crippen molar-refractivity contribution in [3.05, 3.63) is 69.5 Å². The van der Waals surface area contributed by atoms with E-state index in [1.54, 1.807) is 24.3 Å². The van der Waals surface area contributed by atoms with Gasteiger partial charge in [0.15, 0.2) is 0 Å². The predicted octanol–water partition coefficient (Wildman–Crippen LogP) is 3.22. The summed E-state index contributed by atoms with van der Waals surface area (Å²) in [6.45, 7) is 0.125. The summed E-state index contributed by atoms with van der Waals surface area (Å²) in [4.78, 5) is 10.3. The maximum Gasteiger partial charge on any atom is 0.274 e. The highest BCUT2D eigenvalue weighted by molar-refractivity contribution is 5.49. The molecule has 0 aliphatic heterocycles. The molecule has 0 bridgehead atoms. The molecule has 0 amide bonds. The highest BCUT2D eigenvalue weighted by atomic mass is 19.1. The molecule has 1 N–H and O–H groups in total. The van der Waals surface area contributed by atoms with E-state index in [1.165, 1.54) is 0 Å². The minimum Gasteiger partial charge on any atom is -0.381 e. The second-order valence-electron chi connectivity index (χ2n) is 4.07. The number of nitro groups is 1. The second-order valence-corrected chi connectivity index (χ2v) is 4.07. The highest BCUT2D eigenvalue weighted by Gasteiger charge is 2.13. The fourth-order valence-electron chi connectivity index (χ4n) is 1.73. The summed E-state index contributed by atoms with van der Waals surface area (Å²) >= 11 is 0. The molecule has 0 heterocycles. The van der Waals surface area contributed by atoms with Gasteiger partial charge in [-0.1, -0.05) is 0 Å². The van der Waals surface area contributed by atoms with Crippen molar-refractivity contribution in [2.75, 3.05) is 5.32 Å². The summed E-state index contributed by atoms with van der Waals surface area (Å²) in [5, 5.41) is 22.5. The van der Waals surface area contributed by atoms with Crippen molar-refractivity contribution in [1.29, 1.82) is 5.26 Å². The smallest absolute Gasteiger partial charge is 0.274 e. The van der Waals surface area contributed by atoms with Crippen LogP contribution in [0.3, 0.4) is 0 Å². The fraction of sp³-hybridized carbons (Fsp3) is 0.0714. The number of rotatable bonds is 4. The number of anilines is 1. The molecule has 100 valence electrons. The fourth-order valence-corrected chi connectivity index (χ4v) is 1.73. The van der Waals surface area contributed by atoms with Crippen LogP contribution in [0.15, 0.2) is 42.5 Å². The second kappa shape index (κ2) is 5.80. The largest absolute Gasteiger partial charge is 0.381 e. The van der Waals surface area contributed by atoms with E-state index in [9.17, 15) is 14.5 Å².